The minimum Gasteiger partial charge on any atom is -0.248 e. The van der Waals surface area contributed by atoms with Gasteiger partial charge in [-0.3, -0.25) is 0 Å². The zero-order chi connectivity index (χ0) is 6.81. The van der Waals surface area contributed by atoms with Gasteiger partial charge < -0.3 is 0 Å². The van der Waals surface area contributed by atoms with Gasteiger partial charge in [0.2, 0.25) is 0 Å². The summed E-state index contributed by atoms with van der Waals surface area (Å²) in [6.45, 7) is 0. The lowest BCUT2D eigenvalue weighted by Crippen LogP contribution is -2.25. The second kappa shape index (κ2) is 2.98. The maximum atomic E-state index is 4.32. The van der Waals surface area contributed by atoms with E-state index in [9.17, 15) is 0 Å². The van der Waals surface area contributed by atoms with Crippen LogP contribution >= 0.6 is 23.9 Å². The summed E-state index contributed by atoms with van der Waals surface area (Å²) in [7, 11) is 0. The molecule has 0 aromatic heterocycles. The standard InChI is InChI=1S/C6H8N2S2/c1-3-9-7-5(1)6-2-4-10-8-6/h1,3,5,7H,2,4H2. The molecule has 10 heavy (non-hydrogen) atoms. The summed E-state index contributed by atoms with van der Waals surface area (Å²) in [5.41, 5.74) is 1.30. The van der Waals surface area contributed by atoms with Crippen LogP contribution in [0, 0.1) is 0 Å². The Morgan fingerprint density at radius 3 is 3.30 bits per heavy atom. The Bertz CT molecular complexity index is 188. The van der Waals surface area contributed by atoms with Crippen molar-refractivity contribution in [2.45, 2.75) is 12.5 Å². The molecule has 2 aliphatic rings. The zero-order valence-electron chi connectivity index (χ0n) is 5.41. The predicted octanol–water partition coefficient (Wildman–Crippen LogP) is 1.61. The van der Waals surface area contributed by atoms with Gasteiger partial charge in [0.25, 0.3) is 0 Å². The zero-order valence-corrected chi connectivity index (χ0v) is 7.04. The minimum atomic E-state index is 0.417. The SMILES string of the molecule is C1=CC(C2=NSCC2)NS1. The molecule has 0 aromatic rings. The topological polar surface area (TPSA) is 24.4 Å². The Hall–Kier alpha value is 0.0700. The molecule has 0 amide bonds. The van der Waals surface area contributed by atoms with E-state index in [0.717, 1.165) is 12.2 Å². The van der Waals surface area contributed by atoms with E-state index < -0.39 is 0 Å². The largest absolute Gasteiger partial charge is 0.248 e. The molecule has 0 radical (unpaired) electrons. The number of hydrogen-bond acceptors (Lipinski definition) is 4. The molecule has 0 bridgehead atoms. The Labute approximate surface area is 68.8 Å². The lowest BCUT2D eigenvalue weighted by molar-refractivity contribution is 0.984. The molecule has 0 saturated heterocycles. The van der Waals surface area contributed by atoms with Gasteiger partial charge in [0.15, 0.2) is 0 Å². The molecule has 1 atom stereocenters. The first-order valence-electron chi connectivity index (χ1n) is 3.23. The van der Waals surface area contributed by atoms with Crippen LogP contribution in [0.25, 0.3) is 0 Å². The minimum absolute atomic E-state index is 0.417. The van der Waals surface area contributed by atoms with Crippen molar-refractivity contribution in [1.82, 2.24) is 4.72 Å². The summed E-state index contributed by atoms with van der Waals surface area (Å²) in [5, 5.41) is 2.08. The summed E-state index contributed by atoms with van der Waals surface area (Å²) >= 11 is 3.32. The Morgan fingerprint density at radius 1 is 1.70 bits per heavy atom. The lowest BCUT2D eigenvalue weighted by atomic mass is 10.1. The summed E-state index contributed by atoms with van der Waals surface area (Å²) < 4.78 is 7.58. The van der Waals surface area contributed by atoms with E-state index in [1.165, 1.54) is 5.71 Å². The van der Waals surface area contributed by atoms with Crippen LogP contribution in [0.15, 0.2) is 15.9 Å². The maximum absolute atomic E-state index is 4.32. The average Bonchev–Trinajstić information content (AvgIpc) is 2.59. The van der Waals surface area contributed by atoms with Crippen LogP contribution in [0.2, 0.25) is 0 Å². The monoisotopic (exact) mass is 172 g/mol. The molecule has 1 N–H and O–H groups in total. The van der Waals surface area contributed by atoms with Crippen LogP contribution in [-0.4, -0.2) is 17.5 Å². The van der Waals surface area contributed by atoms with Crippen molar-refractivity contribution in [3.8, 4) is 0 Å². The molecule has 2 aliphatic heterocycles. The third-order valence-corrected chi connectivity index (χ3v) is 2.96. The third kappa shape index (κ3) is 1.24. The van der Waals surface area contributed by atoms with Crippen molar-refractivity contribution in [1.29, 1.82) is 0 Å². The number of hydrogen-bond donors (Lipinski definition) is 1. The van der Waals surface area contributed by atoms with Gasteiger partial charge in [-0.2, -0.15) is 0 Å². The van der Waals surface area contributed by atoms with Gasteiger partial charge in [-0.15, -0.1) is 0 Å². The lowest BCUT2D eigenvalue weighted by Gasteiger charge is -2.05. The van der Waals surface area contributed by atoms with Crippen molar-refractivity contribution in [3.63, 3.8) is 0 Å². The highest BCUT2D eigenvalue weighted by Gasteiger charge is 2.18. The van der Waals surface area contributed by atoms with Gasteiger partial charge >= 0.3 is 0 Å². The highest BCUT2D eigenvalue weighted by molar-refractivity contribution is 8.00. The van der Waals surface area contributed by atoms with E-state index in [-0.39, 0.29) is 0 Å². The molecule has 0 fully saturated rings. The summed E-state index contributed by atoms with van der Waals surface area (Å²) in [5.74, 6) is 1.16. The molecule has 0 spiro atoms. The average molecular weight is 172 g/mol. The first kappa shape index (κ1) is 6.76. The number of nitrogens with zero attached hydrogens (tertiary/aromatic N) is 1. The Morgan fingerprint density at radius 2 is 2.70 bits per heavy atom. The third-order valence-electron chi connectivity index (χ3n) is 1.52. The second-order valence-electron chi connectivity index (χ2n) is 2.21. The second-order valence-corrected chi connectivity index (χ2v) is 3.80. The highest BCUT2D eigenvalue weighted by Crippen LogP contribution is 2.21. The van der Waals surface area contributed by atoms with Crippen molar-refractivity contribution in [2.24, 2.45) is 4.40 Å². The molecular weight excluding hydrogens is 164 g/mol. The van der Waals surface area contributed by atoms with Crippen LogP contribution < -0.4 is 4.72 Å². The molecule has 4 heteroatoms. The Kier molecular flexibility index (Phi) is 2.02. The Balaban J connectivity index is 2.04. The number of rotatable bonds is 1. The van der Waals surface area contributed by atoms with E-state index in [2.05, 4.69) is 20.6 Å². The fourth-order valence-corrected chi connectivity index (χ4v) is 2.42. The first-order valence-corrected chi connectivity index (χ1v) is 5.05. The van der Waals surface area contributed by atoms with Crippen molar-refractivity contribution >= 4 is 29.6 Å². The molecule has 0 aliphatic carbocycles. The quantitative estimate of drug-likeness (QED) is 0.608. The van der Waals surface area contributed by atoms with E-state index in [4.69, 9.17) is 0 Å². The van der Waals surface area contributed by atoms with Gasteiger partial charge in [-0.05, 0) is 23.8 Å². The fourth-order valence-electron chi connectivity index (χ4n) is 0.986. The van der Waals surface area contributed by atoms with E-state index in [1.807, 2.05) is 0 Å². The highest BCUT2D eigenvalue weighted by atomic mass is 32.2. The van der Waals surface area contributed by atoms with Crippen molar-refractivity contribution < 1.29 is 0 Å². The van der Waals surface area contributed by atoms with Crippen molar-refractivity contribution in [3.05, 3.63) is 11.5 Å². The molecule has 0 saturated carbocycles. The van der Waals surface area contributed by atoms with Gasteiger partial charge in [-0.1, -0.05) is 18.0 Å². The molecule has 2 rings (SSSR count). The van der Waals surface area contributed by atoms with Crippen LogP contribution in [0.1, 0.15) is 6.42 Å². The number of nitrogens with one attached hydrogen (secondary N) is 1. The van der Waals surface area contributed by atoms with Crippen molar-refractivity contribution in [2.75, 3.05) is 5.75 Å². The van der Waals surface area contributed by atoms with Crippen LogP contribution in [0.3, 0.4) is 0 Å². The van der Waals surface area contributed by atoms with E-state index in [1.54, 1.807) is 23.9 Å². The van der Waals surface area contributed by atoms with Gasteiger partial charge in [0, 0.05) is 11.5 Å². The van der Waals surface area contributed by atoms with Crippen LogP contribution in [0.5, 0.6) is 0 Å². The fraction of sp³-hybridized carbons (Fsp3) is 0.500. The molecule has 54 valence electrons. The molecule has 0 aromatic carbocycles. The van der Waals surface area contributed by atoms with Crippen LogP contribution in [-0.2, 0) is 0 Å². The van der Waals surface area contributed by atoms with Crippen LogP contribution in [0.4, 0.5) is 0 Å². The summed E-state index contributed by atoms with van der Waals surface area (Å²) in [4.78, 5) is 0. The summed E-state index contributed by atoms with van der Waals surface area (Å²) in [6.07, 6.45) is 3.31. The van der Waals surface area contributed by atoms with E-state index >= 15 is 0 Å². The molecule has 2 nitrogen and oxygen atoms in total. The maximum Gasteiger partial charge on any atom is 0.0753 e. The van der Waals surface area contributed by atoms with E-state index in [0.29, 0.717) is 6.04 Å². The van der Waals surface area contributed by atoms with Gasteiger partial charge in [0.05, 0.1) is 6.04 Å². The van der Waals surface area contributed by atoms with Gasteiger partial charge in [0.1, 0.15) is 0 Å². The van der Waals surface area contributed by atoms with Gasteiger partial charge in [-0.25, -0.2) is 9.12 Å². The summed E-state index contributed by atoms with van der Waals surface area (Å²) in [6, 6.07) is 0.417. The predicted molar refractivity (Wildman–Crippen MR) is 48.2 cm³/mol. The molecule has 1 unspecified atom stereocenters. The smallest absolute Gasteiger partial charge is 0.0753 e. The first-order chi connectivity index (χ1) is 4.97. The normalized spacial score (nSPS) is 31.2. The molecule has 2 heterocycles. The molecular formula is C6H8N2S2.